The van der Waals surface area contributed by atoms with Crippen LogP contribution in [0.4, 0.5) is 0 Å². The topological polar surface area (TPSA) is 95.0 Å². The molecule has 2 heterocycles. The highest BCUT2D eigenvalue weighted by Gasteiger charge is 2.31. The minimum Gasteiger partial charge on any atom is -0.388 e. The van der Waals surface area contributed by atoms with E-state index in [9.17, 15) is 9.90 Å². The highest BCUT2D eigenvalue weighted by molar-refractivity contribution is 5.82. The lowest BCUT2D eigenvalue weighted by Gasteiger charge is -2.35. The lowest BCUT2D eigenvalue weighted by atomic mass is 9.87. The molecule has 1 fully saturated rings. The zero-order chi connectivity index (χ0) is 16.2. The summed E-state index contributed by atoms with van der Waals surface area (Å²) in [4.78, 5) is 14.3. The van der Waals surface area contributed by atoms with Crippen molar-refractivity contribution in [3.8, 4) is 0 Å². The van der Waals surface area contributed by atoms with Crippen LogP contribution in [-0.2, 0) is 4.79 Å². The van der Waals surface area contributed by atoms with E-state index in [0.717, 1.165) is 18.4 Å². The number of nitrogens with zero attached hydrogens (tertiary/aromatic N) is 4. The summed E-state index contributed by atoms with van der Waals surface area (Å²) in [7, 11) is 0. The first-order valence-electron chi connectivity index (χ1n) is 7.92. The van der Waals surface area contributed by atoms with Crippen LogP contribution in [0.15, 0.2) is 30.3 Å². The molecule has 0 saturated carbocycles. The molecule has 3 rings (SSSR count). The Morgan fingerprint density at radius 2 is 2.00 bits per heavy atom. The van der Waals surface area contributed by atoms with Gasteiger partial charge >= 0.3 is 0 Å². The Kier molecular flexibility index (Phi) is 4.66. The summed E-state index contributed by atoms with van der Waals surface area (Å²) in [5, 5.41) is 24.1. The second kappa shape index (κ2) is 6.87. The van der Waals surface area contributed by atoms with Gasteiger partial charge in [0.05, 0.1) is 12.0 Å². The minimum atomic E-state index is -0.469. The van der Waals surface area contributed by atoms with Crippen molar-refractivity contribution < 1.29 is 9.90 Å². The summed E-state index contributed by atoms with van der Waals surface area (Å²) in [6, 6.07) is 9.70. The highest BCUT2D eigenvalue weighted by Crippen LogP contribution is 2.31. The molecule has 7 heteroatoms. The van der Waals surface area contributed by atoms with Gasteiger partial charge in [0.25, 0.3) is 0 Å². The third kappa shape index (κ3) is 3.39. The number of aliphatic hydroxyl groups excluding tert-OH is 1. The maximum atomic E-state index is 12.5. The van der Waals surface area contributed by atoms with Crippen LogP contribution >= 0.6 is 0 Å². The van der Waals surface area contributed by atoms with Gasteiger partial charge in [-0.05, 0) is 31.2 Å². The number of hydrogen-bond donors (Lipinski definition) is 2. The molecule has 122 valence electrons. The summed E-state index contributed by atoms with van der Waals surface area (Å²) < 4.78 is 0. The van der Waals surface area contributed by atoms with Crippen LogP contribution in [0.2, 0.25) is 0 Å². The van der Waals surface area contributed by atoms with Gasteiger partial charge in [-0.3, -0.25) is 4.79 Å². The lowest BCUT2D eigenvalue weighted by Crippen LogP contribution is -2.41. The van der Waals surface area contributed by atoms with Crippen molar-refractivity contribution in [1.29, 1.82) is 0 Å². The zero-order valence-corrected chi connectivity index (χ0v) is 13.1. The van der Waals surface area contributed by atoms with E-state index in [2.05, 4.69) is 20.6 Å². The number of tetrazole rings is 1. The first kappa shape index (κ1) is 15.6. The number of carbonyl (C=O) groups excluding carboxylic acids is 1. The van der Waals surface area contributed by atoms with E-state index >= 15 is 0 Å². The summed E-state index contributed by atoms with van der Waals surface area (Å²) in [6.07, 6.45) is 1.12. The molecule has 1 aromatic heterocycles. The number of hydrogen-bond acceptors (Lipinski definition) is 5. The molecular formula is C16H21N5O2. The maximum absolute atomic E-state index is 12.5. The molecule has 23 heavy (non-hydrogen) atoms. The molecule has 0 aliphatic carbocycles. The Labute approximate surface area is 134 Å². The van der Waals surface area contributed by atoms with E-state index < -0.39 is 12.0 Å². The largest absolute Gasteiger partial charge is 0.388 e. The van der Waals surface area contributed by atoms with E-state index in [0.29, 0.717) is 18.9 Å². The summed E-state index contributed by atoms with van der Waals surface area (Å²) in [5.41, 5.74) is 0.942. The van der Waals surface area contributed by atoms with Gasteiger partial charge in [0.1, 0.15) is 0 Å². The van der Waals surface area contributed by atoms with Gasteiger partial charge in [-0.15, -0.1) is 10.2 Å². The first-order valence-corrected chi connectivity index (χ1v) is 7.92. The van der Waals surface area contributed by atoms with Gasteiger partial charge < -0.3 is 10.0 Å². The Morgan fingerprint density at radius 3 is 2.61 bits per heavy atom. The predicted octanol–water partition coefficient (Wildman–Crippen LogP) is 1.28. The number of benzene rings is 1. The number of nitrogens with one attached hydrogen (secondary N) is 1. The predicted molar refractivity (Wildman–Crippen MR) is 83.3 cm³/mol. The lowest BCUT2D eigenvalue weighted by molar-refractivity contribution is -0.134. The van der Waals surface area contributed by atoms with Crippen LogP contribution in [0.3, 0.4) is 0 Å². The molecule has 1 amide bonds. The Hall–Kier alpha value is -2.28. The Balaban J connectivity index is 1.57. The molecule has 0 spiro atoms. The number of rotatable bonds is 4. The molecule has 2 N–H and O–H groups in total. The van der Waals surface area contributed by atoms with Crippen molar-refractivity contribution in [3.63, 3.8) is 0 Å². The molecular weight excluding hydrogens is 294 g/mol. The molecule has 1 saturated heterocycles. The summed E-state index contributed by atoms with van der Waals surface area (Å²) in [5.74, 6) is 0.215. The number of aromatic amines is 1. The van der Waals surface area contributed by atoms with Crippen molar-refractivity contribution in [2.45, 2.75) is 31.8 Å². The third-order valence-corrected chi connectivity index (χ3v) is 4.56. The van der Waals surface area contributed by atoms with E-state index in [1.165, 1.54) is 0 Å². The first-order chi connectivity index (χ1) is 11.2. The van der Waals surface area contributed by atoms with E-state index in [1.807, 2.05) is 35.2 Å². The van der Waals surface area contributed by atoms with Crippen LogP contribution in [0, 0.1) is 5.92 Å². The minimum absolute atomic E-state index is 0.0130. The fraction of sp³-hybridized carbons (Fsp3) is 0.500. The van der Waals surface area contributed by atoms with Crippen LogP contribution in [0.25, 0.3) is 0 Å². The van der Waals surface area contributed by atoms with Crippen LogP contribution in [0.1, 0.15) is 43.2 Å². The molecule has 2 unspecified atom stereocenters. The van der Waals surface area contributed by atoms with Crippen molar-refractivity contribution in [3.05, 3.63) is 41.7 Å². The van der Waals surface area contributed by atoms with Crippen LogP contribution in [0.5, 0.6) is 0 Å². The van der Waals surface area contributed by atoms with Crippen LogP contribution < -0.4 is 0 Å². The van der Waals surface area contributed by atoms with Crippen LogP contribution in [-0.4, -0.2) is 49.6 Å². The average molecular weight is 315 g/mol. The monoisotopic (exact) mass is 315 g/mol. The fourth-order valence-corrected chi connectivity index (χ4v) is 3.10. The van der Waals surface area contributed by atoms with Crippen molar-refractivity contribution >= 4 is 5.91 Å². The van der Waals surface area contributed by atoms with Gasteiger partial charge in [-0.2, -0.15) is 5.21 Å². The van der Waals surface area contributed by atoms with E-state index in [-0.39, 0.29) is 11.8 Å². The Morgan fingerprint density at radius 1 is 1.30 bits per heavy atom. The summed E-state index contributed by atoms with van der Waals surface area (Å²) in [6.45, 7) is 3.09. The SMILES string of the molecule is CC(C(=O)N1CCC(C(O)c2ccccc2)CC1)c1nn[nH]n1. The number of piperidine rings is 1. The molecule has 1 aromatic carbocycles. The smallest absolute Gasteiger partial charge is 0.233 e. The number of carbonyl (C=O) groups is 1. The standard InChI is InChI=1S/C16H21N5O2/c1-11(15-17-19-20-18-15)16(23)21-9-7-13(8-10-21)14(22)12-5-3-2-4-6-12/h2-6,11,13-14,22H,7-10H2,1H3,(H,17,18,19,20). The maximum Gasteiger partial charge on any atom is 0.233 e. The molecule has 2 atom stereocenters. The van der Waals surface area contributed by atoms with Crippen molar-refractivity contribution in [2.24, 2.45) is 5.92 Å². The third-order valence-electron chi connectivity index (χ3n) is 4.56. The molecule has 1 aliphatic rings. The molecule has 2 aromatic rings. The summed E-state index contributed by atoms with van der Waals surface area (Å²) >= 11 is 0. The van der Waals surface area contributed by atoms with Gasteiger partial charge in [-0.25, -0.2) is 0 Å². The number of aliphatic hydroxyl groups is 1. The van der Waals surface area contributed by atoms with Gasteiger partial charge in [0.15, 0.2) is 5.82 Å². The van der Waals surface area contributed by atoms with E-state index in [4.69, 9.17) is 0 Å². The van der Waals surface area contributed by atoms with Gasteiger partial charge in [-0.1, -0.05) is 35.5 Å². The molecule has 0 radical (unpaired) electrons. The van der Waals surface area contributed by atoms with Gasteiger partial charge in [0.2, 0.25) is 5.91 Å². The van der Waals surface area contributed by atoms with Gasteiger partial charge in [0, 0.05) is 13.1 Å². The second-order valence-corrected chi connectivity index (χ2v) is 6.01. The molecule has 0 bridgehead atoms. The number of aromatic nitrogens is 4. The second-order valence-electron chi connectivity index (χ2n) is 6.01. The number of amides is 1. The highest BCUT2D eigenvalue weighted by atomic mass is 16.3. The van der Waals surface area contributed by atoms with Crippen molar-refractivity contribution in [1.82, 2.24) is 25.5 Å². The van der Waals surface area contributed by atoms with Crippen molar-refractivity contribution in [2.75, 3.05) is 13.1 Å². The molecule has 7 nitrogen and oxygen atoms in total. The fourth-order valence-electron chi connectivity index (χ4n) is 3.10. The Bertz CT molecular complexity index is 623. The number of H-pyrrole nitrogens is 1. The van der Waals surface area contributed by atoms with E-state index in [1.54, 1.807) is 6.92 Å². The average Bonchev–Trinajstić information content (AvgIpc) is 3.15. The quantitative estimate of drug-likeness (QED) is 0.886. The number of likely N-dealkylation sites (tertiary alicyclic amines) is 1. The normalized spacial score (nSPS) is 18.6. The zero-order valence-electron chi connectivity index (χ0n) is 13.1. The molecule has 1 aliphatic heterocycles.